The lowest BCUT2D eigenvalue weighted by atomic mass is 9.94. The number of ether oxygens (including phenoxy) is 1. The van der Waals surface area contributed by atoms with Gasteiger partial charge in [0.2, 0.25) is 0 Å². The number of hydrogen-bond acceptors (Lipinski definition) is 3. The molecule has 1 saturated heterocycles. The van der Waals surface area contributed by atoms with Crippen molar-refractivity contribution in [2.45, 2.75) is 24.6 Å². The Bertz CT molecular complexity index is 362. The lowest BCUT2D eigenvalue weighted by molar-refractivity contribution is 0.389. The SMILES string of the molecule is COc1cccnc1N1CCC(C(C)Br)CC1. The molecular weight excluding hydrogens is 280 g/mol. The molecule has 0 amide bonds. The zero-order chi connectivity index (χ0) is 12.3. The van der Waals surface area contributed by atoms with Gasteiger partial charge in [-0.3, -0.25) is 0 Å². The van der Waals surface area contributed by atoms with Gasteiger partial charge in [-0.1, -0.05) is 22.9 Å². The van der Waals surface area contributed by atoms with Crippen molar-refractivity contribution in [2.24, 2.45) is 5.92 Å². The van der Waals surface area contributed by atoms with E-state index in [0.29, 0.717) is 4.83 Å². The van der Waals surface area contributed by atoms with Gasteiger partial charge < -0.3 is 9.64 Å². The number of methoxy groups -OCH3 is 1. The van der Waals surface area contributed by atoms with Gasteiger partial charge in [0, 0.05) is 24.1 Å². The maximum atomic E-state index is 5.36. The Morgan fingerprint density at radius 2 is 2.18 bits per heavy atom. The Kier molecular flexibility index (Phi) is 4.26. The van der Waals surface area contributed by atoms with E-state index in [1.165, 1.54) is 12.8 Å². The molecule has 1 aliphatic rings. The van der Waals surface area contributed by atoms with Crippen LogP contribution in [-0.2, 0) is 0 Å². The highest BCUT2D eigenvalue weighted by atomic mass is 79.9. The summed E-state index contributed by atoms with van der Waals surface area (Å²) >= 11 is 3.68. The van der Waals surface area contributed by atoms with Crippen LogP contribution in [0.5, 0.6) is 5.75 Å². The summed E-state index contributed by atoms with van der Waals surface area (Å²) < 4.78 is 5.36. The Morgan fingerprint density at radius 1 is 1.47 bits per heavy atom. The number of alkyl halides is 1. The van der Waals surface area contributed by atoms with Crippen molar-refractivity contribution < 1.29 is 4.74 Å². The van der Waals surface area contributed by atoms with Gasteiger partial charge in [0.15, 0.2) is 11.6 Å². The predicted molar refractivity (Wildman–Crippen MR) is 74.1 cm³/mol. The van der Waals surface area contributed by atoms with E-state index in [1.54, 1.807) is 7.11 Å². The van der Waals surface area contributed by atoms with Gasteiger partial charge in [0.25, 0.3) is 0 Å². The van der Waals surface area contributed by atoms with Crippen LogP contribution >= 0.6 is 15.9 Å². The van der Waals surface area contributed by atoms with Crippen LogP contribution < -0.4 is 9.64 Å². The fourth-order valence-electron chi connectivity index (χ4n) is 2.35. The molecule has 1 unspecified atom stereocenters. The van der Waals surface area contributed by atoms with E-state index in [2.05, 4.69) is 32.7 Å². The van der Waals surface area contributed by atoms with Crippen molar-refractivity contribution in [3.63, 3.8) is 0 Å². The fourth-order valence-corrected chi connectivity index (χ4v) is 2.88. The minimum Gasteiger partial charge on any atom is -0.493 e. The number of halogens is 1. The number of pyridine rings is 1. The molecule has 2 rings (SSSR count). The van der Waals surface area contributed by atoms with E-state index in [0.717, 1.165) is 30.6 Å². The first-order chi connectivity index (χ1) is 8.22. The lowest BCUT2D eigenvalue weighted by Crippen LogP contribution is -2.36. The summed E-state index contributed by atoms with van der Waals surface area (Å²) in [7, 11) is 1.70. The van der Waals surface area contributed by atoms with Gasteiger partial charge in [-0.05, 0) is 30.9 Å². The Balaban J connectivity index is 2.05. The lowest BCUT2D eigenvalue weighted by Gasteiger charge is -2.34. The Hall–Kier alpha value is -0.770. The summed E-state index contributed by atoms with van der Waals surface area (Å²) in [6.45, 7) is 4.36. The molecule has 1 atom stereocenters. The van der Waals surface area contributed by atoms with Crippen molar-refractivity contribution in [1.29, 1.82) is 0 Å². The topological polar surface area (TPSA) is 25.4 Å². The Labute approximate surface area is 111 Å². The maximum absolute atomic E-state index is 5.36. The third kappa shape index (κ3) is 2.92. The van der Waals surface area contributed by atoms with Crippen LogP contribution in [0.25, 0.3) is 0 Å². The van der Waals surface area contributed by atoms with Gasteiger partial charge >= 0.3 is 0 Å². The summed E-state index contributed by atoms with van der Waals surface area (Å²) in [5, 5.41) is 0. The summed E-state index contributed by atoms with van der Waals surface area (Å²) in [5.41, 5.74) is 0. The molecule has 17 heavy (non-hydrogen) atoms. The highest BCUT2D eigenvalue weighted by molar-refractivity contribution is 9.09. The zero-order valence-corrected chi connectivity index (χ0v) is 12.0. The summed E-state index contributed by atoms with van der Waals surface area (Å²) in [6, 6.07) is 3.89. The maximum Gasteiger partial charge on any atom is 0.171 e. The van der Waals surface area contributed by atoms with Gasteiger partial charge in [-0.2, -0.15) is 0 Å². The number of piperidine rings is 1. The molecule has 94 valence electrons. The molecule has 2 heterocycles. The van der Waals surface area contributed by atoms with Crippen molar-refractivity contribution in [2.75, 3.05) is 25.1 Å². The molecule has 0 radical (unpaired) electrons. The molecule has 0 aliphatic carbocycles. The third-order valence-corrected chi connectivity index (χ3v) is 4.21. The molecule has 1 aromatic rings. The van der Waals surface area contributed by atoms with Crippen LogP contribution in [-0.4, -0.2) is 30.0 Å². The summed E-state index contributed by atoms with van der Waals surface area (Å²) in [4.78, 5) is 7.36. The van der Waals surface area contributed by atoms with Gasteiger partial charge in [-0.25, -0.2) is 4.98 Å². The third-order valence-electron chi connectivity index (χ3n) is 3.46. The van der Waals surface area contributed by atoms with E-state index in [-0.39, 0.29) is 0 Å². The number of hydrogen-bond donors (Lipinski definition) is 0. The van der Waals surface area contributed by atoms with Crippen LogP contribution in [0, 0.1) is 5.92 Å². The highest BCUT2D eigenvalue weighted by Crippen LogP contribution is 2.31. The molecule has 0 N–H and O–H groups in total. The molecule has 1 aromatic heterocycles. The van der Waals surface area contributed by atoms with Crippen LogP contribution in [0.1, 0.15) is 19.8 Å². The number of rotatable bonds is 3. The molecule has 0 spiro atoms. The van der Waals surface area contributed by atoms with E-state index >= 15 is 0 Å². The normalized spacial score (nSPS) is 19.1. The van der Waals surface area contributed by atoms with Crippen LogP contribution in [0.4, 0.5) is 5.82 Å². The highest BCUT2D eigenvalue weighted by Gasteiger charge is 2.24. The second-order valence-corrected chi connectivity index (χ2v) is 5.98. The van der Waals surface area contributed by atoms with Crippen LogP contribution in [0.3, 0.4) is 0 Å². The Morgan fingerprint density at radius 3 is 2.76 bits per heavy atom. The van der Waals surface area contributed by atoms with Crippen molar-refractivity contribution in [3.8, 4) is 5.75 Å². The minimum atomic E-state index is 0.607. The van der Waals surface area contributed by atoms with Crippen LogP contribution in [0.15, 0.2) is 18.3 Å². The average Bonchev–Trinajstić information content (AvgIpc) is 2.39. The fraction of sp³-hybridized carbons (Fsp3) is 0.615. The number of nitrogens with zero attached hydrogens (tertiary/aromatic N) is 2. The van der Waals surface area contributed by atoms with Crippen LogP contribution in [0.2, 0.25) is 0 Å². The molecule has 1 fully saturated rings. The van der Waals surface area contributed by atoms with E-state index in [1.807, 2.05) is 18.3 Å². The monoisotopic (exact) mass is 298 g/mol. The van der Waals surface area contributed by atoms with E-state index < -0.39 is 0 Å². The molecule has 0 saturated carbocycles. The predicted octanol–water partition coefficient (Wildman–Crippen LogP) is 3.09. The number of aromatic nitrogens is 1. The van der Waals surface area contributed by atoms with Gasteiger partial charge in [0.1, 0.15) is 0 Å². The average molecular weight is 299 g/mol. The molecule has 3 nitrogen and oxygen atoms in total. The molecule has 4 heteroatoms. The first-order valence-electron chi connectivity index (χ1n) is 6.10. The smallest absolute Gasteiger partial charge is 0.171 e. The number of anilines is 1. The zero-order valence-electron chi connectivity index (χ0n) is 10.4. The standard InChI is InChI=1S/C13H19BrN2O/c1-10(14)11-5-8-16(9-6-11)13-12(17-2)4-3-7-15-13/h3-4,7,10-11H,5-6,8-9H2,1-2H3. The van der Waals surface area contributed by atoms with E-state index in [4.69, 9.17) is 4.74 Å². The van der Waals surface area contributed by atoms with Gasteiger partial charge in [-0.15, -0.1) is 0 Å². The van der Waals surface area contributed by atoms with Crippen molar-refractivity contribution >= 4 is 21.7 Å². The second kappa shape index (κ2) is 5.71. The molecule has 0 bridgehead atoms. The molecular formula is C13H19BrN2O. The minimum absolute atomic E-state index is 0.607. The second-order valence-electron chi connectivity index (χ2n) is 4.53. The molecule has 1 aliphatic heterocycles. The van der Waals surface area contributed by atoms with E-state index in [9.17, 15) is 0 Å². The summed E-state index contributed by atoms with van der Waals surface area (Å²) in [5.74, 6) is 2.63. The first kappa shape index (κ1) is 12.7. The quantitative estimate of drug-likeness (QED) is 0.802. The van der Waals surface area contributed by atoms with Crippen molar-refractivity contribution in [3.05, 3.63) is 18.3 Å². The largest absolute Gasteiger partial charge is 0.493 e. The first-order valence-corrected chi connectivity index (χ1v) is 7.02. The van der Waals surface area contributed by atoms with Gasteiger partial charge in [0.05, 0.1) is 7.11 Å². The summed E-state index contributed by atoms with van der Waals surface area (Å²) in [6.07, 6.45) is 4.26. The molecule has 0 aromatic carbocycles. The van der Waals surface area contributed by atoms with Crippen molar-refractivity contribution in [1.82, 2.24) is 4.98 Å².